The Kier molecular flexibility index (Phi) is 4.16. The van der Waals surface area contributed by atoms with Gasteiger partial charge in [0.1, 0.15) is 6.54 Å². The van der Waals surface area contributed by atoms with Gasteiger partial charge in [0.05, 0.1) is 6.26 Å². The van der Waals surface area contributed by atoms with Crippen molar-refractivity contribution in [3.05, 3.63) is 35.9 Å². The molecule has 96 valence electrons. The topological polar surface area (TPSA) is 37.4 Å². The SMILES string of the molecule is CS(=O)(=O)N(Cc1ccccc1)CC(F)(F)F. The maximum Gasteiger partial charge on any atom is 0.402 e. The molecule has 0 aromatic heterocycles. The highest BCUT2D eigenvalue weighted by molar-refractivity contribution is 7.88. The number of nitrogens with zero attached hydrogens (tertiary/aromatic N) is 1. The first-order valence-electron chi connectivity index (χ1n) is 4.74. The second kappa shape index (κ2) is 5.05. The van der Waals surface area contributed by atoms with Crippen LogP contribution in [0.4, 0.5) is 13.2 Å². The summed E-state index contributed by atoms with van der Waals surface area (Å²) in [6, 6.07) is 8.15. The van der Waals surface area contributed by atoms with E-state index < -0.39 is 22.7 Å². The lowest BCUT2D eigenvalue weighted by atomic mass is 10.2. The predicted octanol–water partition coefficient (Wildman–Crippen LogP) is 2.01. The average molecular weight is 267 g/mol. The standard InChI is InChI=1S/C10H12F3NO2S/c1-17(15,16)14(8-10(11,12)13)7-9-5-3-2-4-6-9/h2-6H,7-8H2,1H3. The van der Waals surface area contributed by atoms with Crippen LogP contribution in [0.25, 0.3) is 0 Å². The van der Waals surface area contributed by atoms with Gasteiger partial charge >= 0.3 is 6.18 Å². The summed E-state index contributed by atoms with van der Waals surface area (Å²) in [6.45, 7) is -1.75. The Morgan fingerprint density at radius 1 is 1.18 bits per heavy atom. The normalized spacial score (nSPS) is 13.0. The van der Waals surface area contributed by atoms with Gasteiger partial charge < -0.3 is 0 Å². The minimum absolute atomic E-state index is 0.279. The lowest BCUT2D eigenvalue weighted by Gasteiger charge is -2.21. The fourth-order valence-corrected chi connectivity index (χ4v) is 2.04. The Hall–Kier alpha value is -1.08. The van der Waals surface area contributed by atoms with E-state index in [4.69, 9.17) is 0 Å². The summed E-state index contributed by atoms with van der Waals surface area (Å²) in [5, 5.41) is 0. The highest BCUT2D eigenvalue weighted by atomic mass is 32.2. The van der Waals surface area contributed by atoms with Crippen molar-refractivity contribution in [1.82, 2.24) is 4.31 Å². The molecule has 0 heterocycles. The molecule has 0 unspecified atom stereocenters. The third-order valence-corrected chi connectivity index (χ3v) is 3.22. The minimum Gasteiger partial charge on any atom is -0.212 e. The van der Waals surface area contributed by atoms with E-state index >= 15 is 0 Å². The molecule has 17 heavy (non-hydrogen) atoms. The zero-order valence-electron chi connectivity index (χ0n) is 9.11. The van der Waals surface area contributed by atoms with Gasteiger partial charge in [-0.2, -0.15) is 17.5 Å². The van der Waals surface area contributed by atoms with Gasteiger partial charge in [-0.05, 0) is 5.56 Å². The summed E-state index contributed by atoms with van der Waals surface area (Å²) in [5.74, 6) is 0. The molecule has 3 nitrogen and oxygen atoms in total. The van der Waals surface area contributed by atoms with E-state index in [1.54, 1.807) is 30.3 Å². The van der Waals surface area contributed by atoms with Crippen LogP contribution in [-0.2, 0) is 16.6 Å². The summed E-state index contributed by atoms with van der Waals surface area (Å²) in [6.07, 6.45) is -3.78. The van der Waals surface area contributed by atoms with Gasteiger partial charge in [0, 0.05) is 6.54 Å². The Balaban J connectivity index is 2.87. The third-order valence-electron chi connectivity index (χ3n) is 2.03. The van der Waals surface area contributed by atoms with Crippen LogP contribution in [0.1, 0.15) is 5.56 Å². The second-order valence-corrected chi connectivity index (χ2v) is 5.61. The fraction of sp³-hybridized carbons (Fsp3) is 0.400. The quantitative estimate of drug-likeness (QED) is 0.837. The average Bonchev–Trinajstić information content (AvgIpc) is 2.15. The van der Waals surface area contributed by atoms with E-state index in [1.807, 2.05) is 0 Å². The van der Waals surface area contributed by atoms with Gasteiger partial charge in [-0.3, -0.25) is 0 Å². The van der Waals surface area contributed by atoms with Gasteiger partial charge in [0.2, 0.25) is 10.0 Å². The number of hydrogen-bond acceptors (Lipinski definition) is 2. The Labute approximate surface area is 97.9 Å². The number of sulfonamides is 1. The van der Waals surface area contributed by atoms with E-state index in [9.17, 15) is 21.6 Å². The lowest BCUT2D eigenvalue weighted by Crippen LogP contribution is -2.37. The third kappa shape index (κ3) is 5.18. The van der Waals surface area contributed by atoms with E-state index in [1.165, 1.54) is 0 Å². The first-order valence-corrected chi connectivity index (χ1v) is 6.59. The van der Waals surface area contributed by atoms with E-state index in [-0.39, 0.29) is 6.54 Å². The van der Waals surface area contributed by atoms with Crippen molar-refractivity contribution < 1.29 is 21.6 Å². The van der Waals surface area contributed by atoms with Crippen LogP contribution in [0.2, 0.25) is 0 Å². The Bertz CT molecular complexity index is 456. The first-order chi connectivity index (χ1) is 7.68. The summed E-state index contributed by atoms with van der Waals surface area (Å²) in [7, 11) is -3.88. The van der Waals surface area contributed by atoms with Gasteiger partial charge in [-0.1, -0.05) is 30.3 Å². The molecular formula is C10H12F3NO2S. The predicted molar refractivity (Wildman–Crippen MR) is 57.8 cm³/mol. The first kappa shape index (κ1) is 14.0. The molecule has 0 fully saturated rings. The molecule has 0 aliphatic carbocycles. The van der Waals surface area contributed by atoms with Crippen LogP contribution >= 0.6 is 0 Å². The van der Waals surface area contributed by atoms with Crippen LogP contribution in [0.5, 0.6) is 0 Å². The maximum atomic E-state index is 12.2. The molecular weight excluding hydrogens is 255 g/mol. The molecule has 0 amide bonds. The van der Waals surface area contributed by atoms with Gasteiger partial charge in [0.25, 0.3) is 0 Å². The van der Waals surface area contributed by atoms with Crippen LogP contribution in [0.15, 0.2) is 30.3 Å². The number of hydrogen-bond donors (Lipinski definition) is 0. The molecule has 0 saturated heterocycles. The highest BCUT2D eigenvalue weighted by Crippen LogP contribution is 2.19. The smallest absolute Gasteiger partial charge is 0.212 e. The summed E-state index contributed by atoms with van der Waals surface area (Å²) >= 11 is 0. The van der Waals surface area contributed by atoms with E-state index in [0.29, 0.717) is 9.87 Å². The van der Waals surface area contributed by atoms with Crippen molar-refractivity contribution in [3.8, 4) is 0 Å². The molecule has 0 aliphatic heterocycles. The highest BCUT2D eigenvalue weighted by Gasteiger charge is 2.34. The zero-order valence-corrected chi connectivity index (χ0v) is 9.92. The van der Waals surface area contributed by atoms with Crippen molar-refractivity contribution >= 4 is 10.0 Å². The molecule has 0 radical (unpaired) electrons. The Morgan fingerprint density at radius 2 is 1.71 bits per heavy atom. The van der Waals surface area contributed by atoms with Crippen molar-refractivity contribution in [2.45, 2.75) is 12.7 Å². The van der Waals surface area contributed by atoms with Crippen LogP contribution in [0.3, 0.4) is 0 Å². The van der Waals surface area contributed by atoms with E-state index in [2.05, 4.69) is 0 Å². The number of rotatable bonds is 4. The molecule has 1 aromatic carbocycles. The van der Waals surface area contributed by atoms with Crippen molar-refractivity contribution in [2.24, 2.45) is 0 Å². The number of alkyl halides is 3. The number of benzene rings is 1. The van der Waals surface area contributed by atoms with Crippen LogP contribution in [-0.4, -0.2) is 31.7 Å². The van der Waals surface area contributed by atoms with Gasteiger partial charge in [0.15, 0.2) is 0 Å². The van der Waals surface area contributed by atoms with Crippen molar-refractivity contribution in [2.75, 3.05) is 12.8 Å². The molecule has 0 aliphatic rings. The Morgan fingerprint density at radius 3 is 2.12 bits per heavy atom. The maximum absolute atomic E-state index is 12.2. The van der Waals surface area contributed by atoms with Crippen LogP contribution in [0, 0.1) is 0 Å². The molecule has 0 bridgehead atoms. The summed E-state index contributed by atoms with van der Waals surface area (Å²) in [4.78, 5) is 0. The molecule has 0 saturated carbocycles. The van der Waals surface area contributed by atoms with E-state index in [0.717, 1.165) is 6.26 Å². The van der Waals surface area contributed by atoms with Crippen molar-refractivity contribution in [1.29, 1.82) is 0 Å². The zero-order chi connectivity index (χ0) is 13.1. The largest absolute Gasteiger partial charge is 0.402 e. The lowest BCUT2D eigenvalue weighted by molar-refractivity contribution is -0.136. The molecule has 0 N–H and O–H groups in total. The fourth-order valence-electron chi connectivity index (χ4n) is 1.28. The summed E-state index contributed by atoms with van der Waals surface area (Å²) < 4.78 is 59.6. The minimum atomic E-state index is -4.54. The molecule has 0 spiro atoms. The molecule has 1 aromatic rings. The van der Waals surface area contributed by atoms with Crippen LogP contribution < -0.4 is 0 Å². The van der Waals surface area contributed by atoms with Crippen molar-refractivity contribution in [3.63, 3.8) is 0 Å². The van der Waals surface area contributed by atoms with Gasteiger partial charge in [-0.15, -0.1) is 0 Å². The molecule has 0 atom stereocenters. The second-order valence-electron chi connectivity index (χ2n) is 3.63. The number of halogens is 3. The summed E-state index contributed by atoms with van der Waals surface area (Å²) in [5.41, 5.74) is 0.516. The molecule has 7 heteroatoms. The molecule has 1 rings (SSSR count). The monoisotopic (exact) mass is 267 g/mol. The van der Waals surface area contributed by atoms with Gasteiger partial charge in [-0.25, -0.2) is 8.42 Å².